The van der Waals surface area contributed by atoms with Gasteiger partial charge in [-0.3, -0.25) is 0 Å². The lowest BCUT2D eigenvalue weighted by Gasteiger charge is -2.03. The lowest BCUT2D eigenvalue weighted by Crippen LogP contribution is -1.90. The topological polar surface area (TPSA) is 0 Å². The summed E-state index contributed by atoms with van der Waals surface area (Å²) in [5, 5.41) is 0. The maximum Gasteiger partial charge on any atom is 0.00886 e. The Labute approximate surface area is 57.7 Å². The summed E-state index contributed by atoms with van der Waals surface area (Å²) < 4.78 is 0. The van der Waals surface area contributed by atoms with Gasteiger partial charge in [0.1, 0.15) is 0 Å². The third-order valence-corrected chi connectivity index (χ3v) is 1.98. The van der Waals surface area contributed by atoms with Crippen molar-refractivity contribution in [2.24, 2.45) is 5.92 Å². The molecule has 1 fully saturated rings. The molecule has 1 aliphatic carbocycles. The molecule has 1 saturated carbocycles. The molecule has 9 heavy (non-hydrogen) atoms. The first-order valence-corrected chi connectivity index (χ1v) is 3.68. The molecule has 0 bridgehead atoms. The highest BCUT2D eigenvalue weighted by atomic mass is 14.2. The molecule has 0 amide bonds. The van der Waals surface area contributed by atoms with Gasteiger partial charge in [-0.25, -0.2) is 0 Å². The predicted molar refractivity (Wildman–Crippen MR) is 39.7 cm³/mol. The van der Waals surface area contributed by atoms with E-state index < -0.39 is 0 Å². The first-order chi connectivity index (χ1) is 4.43. The summed E-state index contributed by atoms with van der Waals surface area (Å²) in [5.74, 6) is 3.60. The fourth-order valence-electron chi connectivity index (χ4n) is 1.37. The van der Waals surface area contributed by atoms with Crippen LogP contribution in [0.1, 0.15) is 32.1 Å². The fraction of sp³-hybridized carbons (Fsp3) is 0.667. The second-order valence-electron chi connectivity index (χ2n) is 2.71. The average Bonchev–Trinajstić information content (AvgIpc) is 2.34. The summed E-state index contributed by atoms with van der Waals surface area (Å²) in [6.07, 6.45) is 13.7. The summed E-state index contributed by atoms with van der Waals surface area (Å²) in [6.45, 7) is 0. The SMILES string of the molecule is C#CCCC1C[CH]CC1. The molecule has 0 N–H and O–H groups in total. The standard InChI is InChI=1S/C9H13/c1-2-3-6-9-7-4-5-8-9/h1,4,9H,3,5-8H2. The minimum atomic E-state index is 0.918. The summed E-state index contributed by atoms with van der Waals surface area (Å²) >= 11 is 0. The zero-order valence-electron chi connectivity index (χ0n) is 5.77. The molecule has 0 nitrogen and oxygen atoms in total. The smallest absolute Gasteiger partial charge is 0.00886 e. The average molecular weight is 121 g/mol. The van der Waals surface area contributed by atoms with Gasteiger partial charge in [-0.15, -0.1) is 12.3 Å². The molecule has 0 aromatic carbocycles. The minimum absolute atomic E-state index is 0.918. The molecular formula is C9H13. The van der Waals surface area contributed by atoms with Gasteiger partial charge in [0.25, 0.3) is 0 Å². The maximum absolute atomic E-state index is 5.15. The van der Waals surface area contributed by atoms with Crippen molar-refractivity contribution in [3.63, 3.8) is 0 Å². The van der Waals surface area contributed by atoms with Crippen LogP contribution < -0.4 is 0 Å². The molecule has 0 saturated heterocycles. The van der Waals surface area contributed by atoms with Crippen LogP contribution in [0.3, 0.4) is 0 Å². The maximum atomic E-state index is 5.15. The lowest BCUT2D eigenvalue weighted by atomic mass is 10.0. The number of rotatable bonds is 2. The summed E-state index contributed by atoms with van der Waals surface area (Å²) in [7, 11) is 0. The van der Waals surface area contributed by atoms with Gasteiger partial charge in [-0.2, -0.15) is 0 Å². The molecule has 0 aromatic heterocycles. The molecule has 1 rings (SSSR count). The van der Waals surface area contributed by atoms with E-state index in [1.807, 2.05) is 0 Å². The Kier molecular flexibility index (Phi) is 2.64. The molecule has 1 radical (unpaired) electrons. The van der Waals surface area contributed by atoms with Crippen LogP contribution in [-0.4, -0.2) is 0 Å². The Morgan fingerprint density at radius 3 is 3.11 bits per heavy atom. The lowest BCUT2D eigenvalue weighted by molar-refractivity contribution is 0.519. The third kappa shape index (κ3) is 2.10. The van der Waals surface area contributed by atoms with Crippen molar-refractivity contribution < 1.29 is 0 Å². The molecule has 49 valence electrons. The van der Waals surface area contributed by atoms with Crippen LogP contribution in [0.2, 0.25) is 0 Å². The first-order valence-electron chi connectivity index (χ1n) is 3.68. The Morgan fingerprint density at radius 1 is 1.67 bits per heavy atom. The molecule has 0 heterocycles. The molecule has 0 aliphatic heterocycles. The number of terminal acetylenes is 1. The van der Waals surface area contributed by atoms with Crippen molar-refractivity contribution in [1.82, 2.24) is 0 Å². The molecule has 0 spiro atoms. The summed E-state index contributed by atoms with van der Waals surface area (Å²) in [6, 6.07) is 0. The Bertz CT molecular complexity index is 102. The molecule has 0 heteroatoms. The highest BCUT2D eigenvalue weighted by molar-refractivity contribution is 4.87. The van der Waals surface area contributed by atoms with Crippen LogP contribution in [0.25, 0.3) is 0 Å². The van der Waals surface area contributed by atoms with E-state index in [9.17, 15) is 0 Å². The highest BCUT2D eigenvalue weighted by Gasteiger charge is 2.13. The highest BCUT2D eigenvalue weighted by Crippen LogP contribution is 2.27. The molecule has 0 aromatic rings. The van der Waals surface area contributed by atoms with E-state index in [1.165, 1.54) is 25.7 Å². The van der Waals surface area contributed by atoms with Crippen LogP contribution in [0.15, 0.2) is 0 Å². The van der Waals surface area contributed by atoms with Crippen molar-refractivity contribution in [3.8, 4) is 12.3 Å². The van der Waals surface area contributed by atoms with Crippen molar-refractivity contribution in [1.29, 1.82) is 0 Å². The van der Waals surface area contributed by atoms with E-state index >= 15 is 0 Å². The summed E-state index contributed by atoms with van der Waals surface area (Å²) in [5.41, 5.74) is 0. The summed E-state index contributed by atoms with van der Waals surface area (Å²) in [4.78, 5) is 0. The largest absolute Gasteiger partial charge is 0.120 e. The van der Waals surface area contributed by atoms with Crippen LogP contribution in [0.5, 0.6) is 0 Å². The second-order valence-corrected chi connectivity index (χ2v) is 2.71. The van der Waals surface area contributed by atoms with E-state index in [4.69, 9.17) is 6.42 Å². The molecule has 1 aliphatic rings. The third-order valence-electron chi connectivity index (χ3n) is 1.98. The van der Waals surface area contributed by atoms with E-state index in [0.29, 0.717) is 0 Å². The van der Waals surface area contributed by atoms with Gasteiger partial charge in [0, 0.05) is 6.42 Å². The Hall–Kier alpha value is -0.440. The van der Waals surface area contributed by atoms with Gasteiger partial charge >= 0.3 is 0 Å². The van der Waals surface area contributed by atoms with Gasteiger partial charge in [-0.05, 0) is 31.6 Å². The van der Waals surface area contributed by atoms with Gasteiger partial charge in [0.2, 0.25) is 0 Å². The molecule has 1 unspecified atom stereocenters. The van der Waals surface area contributed by atoms with Crippen LogP contribution >= 0.6 is 0 Å². The molecular weight excluding hydrogens is 108 g/mol. The van der Waals surface area contributed by atoms with Crippen LogP contribution in [-0.2, 0) is 0 Å². The molecule has 1 atom stereocenters. The zero-order chi connectivity index (χ0) is 6.53. The quantitative estimate of drug-likeness (QED) is 0.492. The minimum Gasteiger partial charge on any atom is -0.120 e. The first kappa shape index (κ1) is 6.68. The van der Waals surface area contributed by atoms with Gasteiger partial charge in [0.15, 0.2) is 0 Å². The van der Waals surface area contributed by atoms with Crippen LogP contribution in [0.4, 0.5) is 0 Å². The predicted octanol–water partition coefficient (Wildman–Crippen LogP) is 2.40. The van der Waals surface area contributed by atoms with E-state index in [-0.39, 0.29) is 0 Å². The zero-order valence-corrected chi connectivity index (χ0v) is 5.77. The van der Waals surface area contributed by atoms with Gasteiger partial charge < -0.3 is 0 Å². The van der Waals surface area contributed by atoms with Gasteiger partial charge in [-0.1, -0.05) is 6.42 Å². The van der Waals surface area contributed by atoms with Crippen molar-refractivity contribution in [3.05, 3.63) is 6.42 Å². The fourth-order valence-corrected chi connectivity index (χ4v) is 1.37. The number of hydrogen-bond donors (Lipinski definition) is 0. The Morgan fingerprint density at radius 2 is 2.56 bits per heavy atom. The second kappa shape index (κ2) is 3.56. The Balaban J connectivity index is 2.06. The van der Waals surface area contributed by atoms with Gasteiger partial charge in [0.05, 0.1) is 0 Å². The van der Waals surface area contributed by atoms with Crippen molar-refractivity contribution in [2.75, 3.05) is 0 Å². The number of hydrogen-bond acceptors (Lipinski definition) is 0. The monoisotopic (exact) mass is 121 g/mol. The van der Waals surface area contributed by atoms with E-state index in [2.05, 4.69) is 12.3 Å². The van der Waals surface area contributed by atoms with E-state index in [0.717, 1.165) is 12.3 Å². The van der Waals surface area contributed by atoms with E-state index in [1.54, 1.807) is 0 Å². The van der Waals surface area contributed by atoms with Crippen molar-refractivity contribution in [2.45, 2.75) is 32.1 Å². The van der Waals surface area contributed by atoms with Crippen molar-refractivity contribution >= 4 is 0 Å². The van der Waals surface area contributed by atoms with Crippen LogP contribution in [0, 0.1) is 24.7 Å². The normalized spacial score (nSPS) is 19.9.